The lowest BCUT2D eigenvalue weighted by Gasteiger charge is -2.54. The van der Waals surface area contributed by atoms with Crippen LogP contribution in [0.25, 0.3) is 22.3 Å². The number of nitrogens with one attached hydrogen (secondary N) is 1. The van der Waals surface area contributed by atoms with Crippen LogP contribution in [0, 0.1) is 0 Å². The Morgan fingerprint density at radius 1 is 1.18 bits per heavy atom. The first-order chi connectivity index (χ1) is 18.8. The first-order valence-electron chi connectivity index (χ1n) is 13.5. The number of aromatic nitrogens is 5. The number of likely N-dealkylation sites (tertiary alicyclic amines) is 2. The van der Waals surface area contributed by atoms with Crippen LogP contribution in [-0.2, 0) is 12.1 Å². The largest absolute Gasteiger partial charge is 0.399 e. The number of H-pyrrole nitrogens is 1. The van der Waals surface area contributed by atoms with Crippen molar-refractivity contribution in [1.29, 1.82) is 0 Å². The standard InChI is InChI=1S/C28H36N10O/c1-35(2)13-19-9-20(11-22(30)10-19)27(39)36-7-4-23(5-8-36)37-16-28(15-29,17-37)38-14-21(12-34-38)25-24-3-6-31-26(24)33-18-32-25/h3,6,9-12,14,18,23H,4-5,7-8,13,15-17,29-30H2,1-2H3,(H,31,32,33). The molecule has 2 aliphatic rings. The van der Waals surface area contributed by atoms with Crippen molar-refractivity contribution >= 4 is 22.6 Å². The summed E-state index contributed by atoms with van der Waals surface area (Å²) < 4.78 is 2.02. The van der Waals surface area contributed by atoms with Crippen molar-refractivity contribution in [2.24, 2.45) is 5.73 Å². The molecular weight excluding hydrogens is 492 g/mol. The van der Waals surface area contributed by atoms with Gasteiger partial charge in [0, 0.05) is 79.9 Å². The molecule has 0 aliphatic carbocycles. The summed E-state index contributed by atoms with van der Waals surface area (Å²) in [5, 5.41) is 5.68. The van der Waals surface area contributed by atoms with Gasteiger partial charge < -0.3 is 26.3 Å². The summed E-state index contributed by atoms with van der Waals surface area (Å²) in [6.07, 6.45) is 9.23. The number of aromatic amines is 1. The normalized spacial score (nSPS) is 18.1. The van der Waals surface area contributed by atoms with Gasteiger partial charge in [-0.15, -0.1) is 0 Å². The monoisotopic (exact) mass is 528 g/mol. The number of amides is 1. The third-order valence-electron chi connectivity index (χ3n) is 8.10. The summed E-state index contributed by atoms with van der Waals surface area (Å²) in [7, 11) is 4.02. The number of fused-ring (bicyclic) bond motifs is 1. The van der Waals surface area contributed by atoms with E-state index in [-0.39, 0.29) is 11.4 Å². The van der Waals surface area contributed by atoms with Gasteiger partial charge in [-0.05, 0) is 56.8 Å². The quantitative estimate of drug-likeness (QED) is 0.309. The predicted octanol–water partition coefficient (Wildman–Crippen LogP) is 1.74. The number of hydrogen-bond acceptors (Lipinski definition) is 8. The van der Waals surface area contributed by atoms with Crippen LogP contribution in [0.5, 0.6) is 0 Å². The van der Waals surface area contributed by atoms with Crippen LogP contribution in [0.2, 0.25) is 0 Å². The van der Waals surface area contributed by atoms with Gasteiger partial charge in [0.25, 0.3) is 5.91 Å². The number of nitrogen functional groups attached to an aromatic ring is 1. The molecule has 5 heterocycles. The van der Waals surface area contributed by atoms with E-state index in [1.807, 2.05) is 54.3 Å². The van der Waals surface area contributed by atoms with Crippen molar-refractivity contribution in [3.8, 4) is 11.3 Å². The van der Waals surface area contributed by atoms with E-state index in [2.05, 4.69) is 30.9 Å². The zero-order chi connectivity index (χ0) is 27.1. The number of carbonyl (C=O) groups is 1. The topological polar surface area (TPSA) is 138 Å². The van der Waals surface area contributed by atoms with Gasteiger partial charge in [-0.25, -0.2) is 9.97 Å². The number of piperidine rings is 1. The summed E-state index contributed by atoms with van der Waals surface area (Å²) >= 11 is 0. The van der Waals surface area contributed by atoms with Gasteiger partial charge in [0.05, 0.1) is 11.9 Å². The lowest BCUT2D eigenvalue weighted by molar-refractivity contribution is -0.0385. The molecule has 2 aliphatic heterocycles. The summed E-state index contributed by atoms with van der Waals surface area (Å²) in [4.78, 5) is 31.7. The van der Waals surface area contributed by atoms with Gasteiger partial charge in [0.2, 0.25) is 0 Å². The molecule has 0 bridgehead atoms. The van der Waals surface area contributed by atoms with Crippen molar-refractivity contribution in [2.75, 3.05) is 52.6 Å². The van der Waals surface area contributed by atoms with Crippen LogP contribution >= 0.6 is 0 Å². The van der Waals surface area contributed by atoms with Crippen molar-refractivity contribution < 1.29 is 4.79 Å². The second-order valence-corrected chi connectivity index (χ2v) is 11.2. The van der Waals surface area contributed by atoms with Crippen LogP contribution in [0.15, 0.2) is 49.2 Å². The summed E-state index contributed by atoms with van der Waals surface area (Å²) in [6.45, 7) is 4.42. The fourth-order valence-corrected chi connectivity index (χ4v) is 6.06. The Morgan fingerprint density at radius 3 is 2.72 bits per heavy atom. The molecule has 3 aromatic heterocycles. The first kappa shape index (κ1) is 25.5. The highest BCUT2D eigenvalue weighted by Gasteiger charge is 2.47. The minimum Gasteiger partial charge on any atom is -0.399 e. The molecule has 11 heteroatoms. The van der Waals surface area contributed by atoms with Gasteiger partial charge >= 0.3 is 0 Å². The third-order valence-corrected chi connectivity index (χ3v) is 8.10. The number of hydrogen-bond donors (Lipinski definition) is 3. The van der Waals surface area contributed by atoms with E-state index in [1.165, 1.54) is 0 Å². The van der Waals surface area contributed by atoms with E-state index in [0.29, 0.717) is 23.8 Å². The molecule has 5 N–H and O–H groups in total. The smallest absolute Gasteiger partial charge is 0.253 e. The molecule has 4 aromatic rings. The predicted molar refractivity (Wildman–Crippen MR) is 151 cm³/mol. The third kappa shape index (κ3) is 4.77. The van der Waals surface area contributed by atoms with Crippen molar-refractivity contribution in [3.05, 3.63) is 60.3 Å². The van der Waals surface area contributed by atoms with Crippen LogP contribution in [0.3, 0.4) is 0 Å². The Hall–Kier alpha value is -3.80. The molecule has 1 amide bonds. The Morgan fingerprint density at radius 2 is 1.97 bits per heavy atom. The summed E-state index contributed by atoms with van der Waals surface area (Å²) in [5.41, 5.74) is 17.2. The maximum atomic E-state index is 13.3. The summed E-state index contributed by atoms with van der Waals surface area (Å²) in [5.74, 6) is 0.0611. The number of benzene rings is 1. The molecule has 0 saturated carbocycles. The first-order valence-corrected chi connectivity index (χ1v) is 13.5. The van der Waals surface area contributed by atoms with E-state index in [1.54, 1.807) is 12.4 Å². The van der Waals surface area contributed by atoms with Crippen LogP contribution < -0.4 is 11.5 Å². The van der Waals surface area contributed by atoms with E-state index >= 15 is 0 Å². The molecule has 0 spiro atoms. The second-order valence-electron chi connectivity index (χ2n) is 11.2. The highest BCUT2D eigenvalue weighted by molar-refractivity contribution is 5.95. The van der Waals surface area contributed by atoms with Crippen LogP contribution in [0.4, 0.5) is 5.69 Å². The number of anilines is 1. The molecular formula is C28H36N10O. The van der Waals surface area contributed by atoms with E-state index in [0.717, 1.165) is 73.4 Å². The number of carbonyl (C=O) groups excluding carboxylic acids is 1. The molecule has 39 heavy (non-hydrogen) atoms. The van der Waals surface area contributed by atoms with Gasteiger partial charge in [-0.3, -0.25) is 14.4 Å². The molecule has 0 unspecified atom stereocenters. The second kappa shape index (κ2) is 10.1. The summed E-state index contributed by atoms with van der Waals surface area (Å²) in [6, 6.07) is 8.11. The highest BCUT2D eigenvalue weighted by Crippen LogP contribution is 2.34. The number of rotatable bonds is 7. The van der Waals surface area contributed by atoms with Crippen molar-refractivity contribution in [3.63, 3.8) is 0 Å². The Kier molecular flexibility index (Phi) is 6.57. The number of nitrogens with two attached hydrogens (primary N) is 2. The molecule has 204 valence electrons. The van der Waals surface area contributed by atoms with Gasteiger partial charge in [-0.1, -0.05) is 0 Å². The molecule has 0 radical (unpaired) electrons. The fraction of sp³-hybridized carbons (Fsp3) is 0.429. The van der Waals surface area contributed by atoms with Gasteiger partial charge in [0.15, 0.2) is 0 Å². The van der Waals surface area contributed by atoms with Crippen molar-refractivity contribution in [2.45, 2.75) is 31.0 Å². The maximum absolute atomic E-state index is 13.3. The number of nitrogens with zero attached hydrogens (tertiary/aromatic N) is 7. The molecule has 1 aromatic carbocycles. The Balaban J connectivity index is 1.08. The highest BCUT2D eigenvalue weighted by atomic mass is 16.2. The zero-order valence-electron chi connectivity index (χ0n) is 22.5. The molecule has 2 saturated heterocycles. The minimum atomic E-state index is -0.236. The SMILES string of the molecule is CN(C)Cc1cc(N)cc(C(=O)N2CCC(N3CC(CN)(n4cc(-c5ncnc6[nH]ccc56)cn4)C3)CC2)c1. The molecule has 2 fully saturated rings. The van der Waals surface area contributed by atoms with E-state index in [9.17, 15) is 4.79 Å². The maximum Gasteiger partial charge on any atom is 0.253 e. The Labute approximate surface area is 227 Å². The minimum absolute atomic E-state index is 0.0611. The fourth-order valence-electron chi connectivity index (χ4n) is 6.06. The van der Waals surface area contributed by atoms with Crippen LogP contribution in [-0.4, -0.2) is 98.2 Å². The lowest BCUT2D eigenvalue weighted by Crippen LogP contribution is -2.69. The van der Waals surface area contributed by atoms with Crippen LogP contribution in [0.1, 0.15) is 28.8 Å². The Bertz CT molecular complexity index is 1480. The average molecular weight is 529 g/mol. The van der Waals surface area contributed by atoms with E-state index in [4.69, 9.17) is 16.6 Å². The molecule has 6 rings (SSSR count). The molecule has 0 atom stereocenters. The van der Waals surface area contributed by atoms with Gasteiger partial charge in [-0.2, -0.15) is 5.10 Å². The lowest BCUT2D eigenvalue weighted by atomic mass is 9.86. The zero-order valence-corrected chi connectivity index (χ0v) is 22.5. The van der Waals surface area contributed by atoms with E-state index < -0.39 is 0 Å². The molecule has 11 nitrogen and oxygen atoms in total. The van der Waals surface area contributed by atoms with Crippen molar-refractivity contribution in [1.82, 2.24) is 39.4 Å². The average Bonchev–Trinajstić information content (AvgIpc) is 3.58. The van der Waals surface area contributed by atoms with Gasteiger partial charge in [0.1, 0.15) is 17.5 Å².